The Hall–Kier alpha value is -0.320. The molecule has 0 amide bonds. The molecule has 0 aromatic heterocycles. The van der Waals surface area contributed by atoms with Crippen molar-refractivity contribution < 1.29 is 9.92 Å². The molecule has 0 radical (unpaired) electrons. The van der Waals surface area contributed by atoms with Crippen molar-refractivity contribution in [3.8, 4) is 0 Å². The highest BCUT2D eigenvalue weighted by atomic mass is 16.3. The minimum Gasteiger partial charge on any atom is -0.387 e. The lowest BCUT2D eigenvalue weighted by Gasteiger charge is -2.37. The fourth-order valence-corrected chi connectivity index (χ4v) is 1.52. The fraction of sp³-hybridized carbons (Fsp3) is 1.00. The molecule has 0 spiro atoms. The summed E-state index contributed by atoms with van der Waals surface area (Å²) < 4.78 is 0. The smallest absolute Gasteiger partial charge is 0.160 e. The van der Waals surface area contributed by atoms with E-state index in [0.29, 0.717) is 45.8 Å². The maximum absolute atomic E-state index is 9.56. The van der Waals surface area contributed by atoms with Crippen LogP contribution in [0.5, 0.6) is 0 Å². The summed E-state index contributed by atoms with van der Waals surface area (Å²) in [7, 11) is 0. The van der Waals surface area contributed by atoms with Crippen LogP contribution >= 0.6 is 0 Å². The average molecular weight is 250 g/mol. The third-order valence-corrected chi connectivity index (χ3v) is 2.12. The number of nitrogens with one attached hydrogen (secondary N) is 3. The van der Waals surface area contributed by atoms with E-state index < -0.39 is 6.10 Å². The Bertz CT molecular complexity index is 157. The highest BCUT2D eigenvalue weighted by molar-refractivity contribution is 4.46. The van der Waals surface area contributed by atoms with Gasteiger partial charge in [0.25, 0.3) is 0 Å². The maximum atomic E-state index is 9.56. The standard InChI is InChI=1S/C9H28N7O/c1-9(17)8-16(13-5-2-10,14-6-3-11)15-7-4-12/h9,13-15,17H,2-8,10-12H2,1H3/q+1. The molecule has 0 rings (SSSR count). The van der Waals surface area contributed by atoms with Crippen LogP contribution in [0.25, 0.3) is 0 Å². The Labute approximate surface area is 103 Å². The first-order chi connectivity index (χ1) is 8.10. The van der Waals surface area contributed by atoms with Crippen molar-refractivity contribution in [3.63, 3.8) is 0 Å². The van der Waals surface area contributed by atoms with Gasteiger partial charge in [0.2, 0.25) is 0 Å². The van der Waals surface area contributed by atoms with Crippen LogP contribution in [-0.4, -0.2) is 61.8 Å². The van der Waals surface area contributed by atoms with Crippen molar-refractivity contribution in [2.75, 3.05) is 45.8 Å². The average Bonchev–Trinajstić information content (AvgIpc) is 2.30. The lowest BCUT2D eigenvalue weighted by Crippen LogP contribution is -2.76. The van der Waals surface area contributed by atoms with Gasteiger partial charge in [0.1, 0.15) is 6.10 Å². The van der Waals surface area contributed by atoms with E-state index in [1.807, 2.05) is 0 Å². The van der Waals surface area contributed by atoms with Crippen LogP contribution in [-0.2, 0) is 0 Å². The van der Waals surface area contributed by atoms with Crippen LogP contribution < -0.4 is 33.5 Å². The zero-order chi connectivity index (χ0) is 13.1. The number of nitrogens with two attached hydrogens (primary N) is 3. The summed E-state index contributed by atoms with van der Waals surface area (Å²) in [6, 6.07) is 0. The molecule has 0 saturated carbocycles. The van der Waals surface area contributed by atoms with Gasteiger partial charge in [-0.3, -0.25) is 0 Å². The number of aliphatic hydroxyl groups excluding tert-OH is 1. The molecular weight excluding hydrogens is 222 g/mol. The molecule has 10 N–H and O–H groups in total. The number of hydrogen-bond acceptors (Lipinski definition) is 7. The normalized spacial score (nSPS) is 13.9. The lowest BCUT2D eigenvalue weighted by atomic mass is 10.4. The maximum Gasteiger partial charge on any atom is 0.160 e. The highest BCUT2D eigenvalue weighted by Gasteiger charge is 2.29. The first kappa shape index (κ1) is 16.7. The van der Waals surface area contributed by atoms with Crippen molar-refractivity contribution >= 4 is 0 Å². The first-order valence-electron chi connectivity index (χ1n) is 6.02. The van der Waals surface area contributed by atoms with Crippen LogP contribution in [0.15, 0.2) is 0 Å². The molecule has 0 aliphatic heterocycles. The minimum absolute atomic E-state index is 0.156. The number of hydrogen-bond donors (Lipinski definition) is 7. The zero-order valence-electron chi connectivity index (χ0n) is 10.7. The van der Waals surface area contributed by atoms with Crippen LogP contribution in [0.3, 0.4) is 0 Å². The number of quaternary nitrogens is 1. The molecule has 0 heterocycles. The summed E-state index contributed by atoms with van der Waals surface area (Å²) in [4.78, 5) is 0.156. The first-order valence-corrected chi connectivity index (χ1v) is 6.02. The number of rotatable bonds is 11. The van der Waals surface area contributed by atoms with Gasteiger partial charge in [-0.2, -0.15) is 0 Å². The predicted molar refractivity (Wildman–Crippen MR) is 68.0 cm³/mol. The van der Waals surface area contributed by atoms with Crippen LogP contribution in [0, 0.1) is 0 Å². The molecule has 0 fully saturated rings. The third kappa shape index (κ3) is 7.58. The Balaban J connectivity index is 4.51. The molecule has 8 heteroatoms. The zero-order valence-corrected chi connectivity index (χ0v) is 10.7. The molecular formula is C9H28N7O+. The van der Waals surface area contributed by atoms with Gasteiger partial charge in [-0.1, -0.05) is 4.81 Å². The van der Waals surface area contributed by atoms with Crippen LogP contribution in [0.2, 0.25) is 0 Å². The van der Waals surface area contributed by atoms with Crippen molar-refractivity contribution in [1.29, 1.82) is 0 Å². The molecule has 0 bridgehead atoms. The molecule has 0 aromatic rings. The van der Waals surface area contributed by atoms with E-state index >= 15 is 0 Å². The van der Waals surface area contributed by atoms with E-state index in [1.54, 1.807) is 6.92 Å². The second-order valence-corrected chi connectivity index (χ2v) is 3.93. The van der Waals surface area contributed by atoms with Gasteiger partial charge in [0.05, 0.1) is 19.6 Å². The number of aliphatic hydroxyl groups is 1. The van der Waals surface area contributed by atoms with Crippen LogP contribution in [0.4, 0.5) is 0 Å². The predicted octanol–water partition coefficient (Wildman–Crippen LogP) is -3.43. The second-order valence-electron chi connectivity index (χ2n) is 3.93. The molecule has 1 unspecified atom stereocenters. The molecule has 1 atom stereocenters. The third-order valence-electron chi connectivity index (χ3n) is 2.12. The lowest BCUT2D eigenvalue weighted by molar-refractivity contribution is -1.05. The summed E-state index contributed by atoms with van der Waals surface area (Å²) in [5, 5.41) is 9.56. The van der Waals surface area contributed by atoms with Crippen molar-refractivity contribution in [1.82, 2.24) is 16.3 Å². The summed E-state index contributed by atoms with van der Waals surface area (Å²) in [6.07, 6.45) is -0.476. The van der Waals surface area contributed by atoms with Gasteiger partial charge in [-0.05, 0) is 6.92 Å². The number of nitrogens with zero attached hydrogens (tertiary/aromatic N) is 1. The molecule has 104 valence electrons. The van der Waals surface area contributed by atoms with E-state index in [4.69, 9.17) is 17.2 Å². The fourth-order valence-electron chi connectivity index (χ4n) is 1.52. The molecule has 0 aliphatic carbocycles. The Morgan fingerprint density at radius 2 is 1.29 bits per heavy atom. The van der Waals surface area contributed by atoms with E-state index in [9.17, 15) is 5.11 Å². The Morgan fingerprint density at radius 1 is 0.941 bits per heavy atom. The summed E-state index contributed by atoms with van der Waals surface area (Å²) in [5.74, 6) is 0. The summed E-state index contributed by atoms with van der Waals surface area (Å²) in [5.41, 5.74) is 26.1. The SMILES string of the molecule is CC(O)C[N+](NCCN)(NCCN)NCCN. The largest absolute Gasteiger partial charge is 0.387 e. The van der Waals surface area contributed by atoms with E-state index in [0.717, 1.165) is 0 Å². The highest BCUT2D eigenvalue weighted by Crippen LogP contribution is 1.95. The molecule has 0 aliphatic rings. The Morgan fingerprint density at radius 3 is 1.53 bits per heavy atom. The van der Waals surface area contributed by atoms with Crippen molar-refractivity contribution in [3.05, 3.63) is 0 Å². The Kier molecular flexibility index (Phi) is 9.50. The molecule has 8 nitrogen and oxygen atoms in total. The van der Waals surface area contributed by atoms with Gasteiger partial charge in [0, 0.05) is 19.6 Å². The van der Waals surface area contributed by atoms with Gasteiger partial charge < -0.3 is 22.3 Å². The van der Waals surface area contributed by atoms with Gasteiger partial charge in [-0.15, -0.1) is 16.3 Å². The molecule has 0 saturated heterocycles. The van der Waals surface area contributed by atoms with E-state index in [-0.39, 0.29) is 4.81 Å². The van der Waals surface area contributed by atoms with E-state index in [2.05, 4.69) is 16.3 Å². The monoisotopic (exact) mass is 250 g/mol. The van der Waals surface area contributed by atoms with Crippen molar-refractivity contribution in [2.24, 2.45) is 17.2 Å². The van der Waals surface area contributed by atoms with Gasteiger partial charge >= 0.3 is 0 Å². The summed E-state index contributed by atoms with van der Waals surface area (Å²) >= 11 is 0. The molecule has 0 aromatic carbocycles. The second kappa shape index (κ2) is 9.68. The van der Waals surface area contributed by atoms with Gasteiger partial charge in [0.15, 0.2) is 6.54 Å². The van der Waals surface area contributed by atoms with Crippen LogP contribution in [0.1, 0.15) is 6.92 Å². The van der Waals surface area contributed by atoms with E-state index in [1.165, 1.54) is 0 Å². The van der Waals surface area contributed by atoms with Gasteiger partial charge in [-0.25, -0.2) is 0 Å². The quantitative estimate of drug-likeness (QED) is 0.150. The molecule has 17 heavy (non-hydrogen) atoms. The topological polar surface area (TPSA) is 134 Å². The minimum atomic E-state index is -0.476. The summed E-state index contributed by atoms with van der Waals surface area (Å²) in [6.45, 7) is 5.54. The van der Waals surface area contributed by atoms with Crippen molar-refractivity contribution in [2.45, 2.75) is 13.0 Å².